The van der Waals surface area contributed by atoms with E-state index in [1.165, 1.54) is 10.9 Å². The largest absolute Gasteiger partial charge is 0.367 e. The first-order valence-electron chi connectivity index (χ1n) is 6.16. The highest BCUT2D eigenvalue weighted by Gasteiger charge is 2.05. The number of thiazole rings is 1. The van der Waals surface area contributed by atoms with Gasteiger partial charge in [0.25, 0.3) is 0 Å². The first-order chi connectivity index (χ1) is 9.86. The molecule has 5 nitrogen and oxygen atoms in total. The summed E-state index contributed by atoms with van der Waals surface area (Å²) in [6.45, 7) is 0.674. The van der Waals surface area contributed by atoms with Crippen molar-refractivity contribution in [3.05, 3.63) is 47.4 Å². The zero-order chi connectivity index (χ0) is 13.8. The van der Waals surface area contributed by atoms with E-state index in [1.54, 1.807) is 17.5 Å². The van der Waals surface area contributed by atoms with Gasteiger partial charge >= 0.3 is 0 Å². The van der Waals surface area contributed by atoms with Gasteiger partial charge in [-0.1, -0.05) is 12.1 Å². The fraction of sp³-hybridized carbons (Fsp3) is 0.143. The lowest BCUT2D eigenvalue weighted by atomic mass is 10.3. The average molecular weight is 281 g/mol. The molecule has 0 saturated heterocycles. The minimum absolute atomic E-state index is 0.316. The van der Waals surface area contributed by atoms with Crippen molar-refractivity contribution in [1.82, 2.24) is 15.0 Å². The zero-order valence-electron chi connectivity index (χ0n) is 10.6. The highest BCUT2D eigenvalue weighted by Crippen LogP contribution is 2.21. The summed E-state index contributed by atoms with van der Waals surface area (Å²) in [6.07, 6.45) is 3.87. The van der Waals surface area contributed by atoms with E-state index in [-0.39, 0.29) is 0 Å². The second-order valence-electron chi connectivity index (χ2n) is 4.12. The molecule has 0 unspecified atom stereocenters. The van der Waals surface area contributed by atoms with Gasteiger partial charge in [0.15, 0.2) is 11.5 Å². The first-order valence-corrected chi connectivity index (χ1v) is 6.98. The Hall–Kier alpha value is -2.52. The van der Waals surface area contributed by atoms with E-state index in [9.17, 15) is 0 Å². The zero-order valence-corrected chi connectivity index (χ0v) is 11.4. The van der Waals surface area contributed by atoms with Gasteiger partial charge in [0.05, 0.1) is 15.2 Å². The Balaban J connectivity index is 1.66. The smallest absolute Gasteiger partial charge is 0.182 e. The number of para-hydroxylation sites is 1. The summed E-state index contributed by atoms with van der Waals surface area (Å²) in [5.41, 5.74) is 1.35. The molecule has 0 saturated carbocycles. The van der Waals surface area contributed by atoms with Gasteiger partial charge in [-0.05, 0) is 12.1 Å². The number of aromatic nitrogens is 3. The third-order valence-electron chi connectivity index (χ3n) is 2.77. The first kappa shape index (κ1) is 12.5. The fourth-order valence-corrected chi connectivity index (χ4v) is 2.83. The van der Waals surface area contributed by atoms with Crippen molar-refractivity contribution in [1.29, 1.82) is 5.26 Å². The van der Waals surface area contributed by atoms with Crippen LogP contribution in [0.3, 0.4) is 0 Å². The van der Waals surface area contributed by atoms with Crippen LogP contribution in [0.25, 0.3) is 10.2 Å². The van der Waals surface area contributed by atoms with Gasteiger partial charge in [0.2, 0.25) is 0 Å². The van der Waals surface area contributed by atoms with Gasteiger partial charge in [0, 0.05) is 25.4 Å². The maximum atomic E-state index is 8.93. The normalized spacial score (nSPS) is 10.3. The monoisotopic (exact) mass is 281 g/mol. The van der Waals surface area contributed by atoms with Crippen molar-refractivity contribution in [3.63, 3.8) is 0 Å². The molecule has 1 N–H and O–H groups in total. The Bertz CT molecular complexity index is 741. The van der Waals surface area contributed by atoms with Crippen molar-refractivity contribution in [3.8, 4) is 6.07 Å². The molecule has 0 aliphatic heterocycles. The van der Waals surface area contributed by atoms with E-state index >= 15 is 0 Å². The maximum Gasteiger partial charge on any atom is 0.182 e. The Labute approximate surface area is 120 Å². The lowest BCUT2D eigenvalue weighted by Crippen LogP contribution is -2.08. The van der Waals surface area contributed by atoms with Crippen LogP contribution in [0.4, 0.5) is 5.82 Å². The molecule has 0 fully saturated rings. The molecule has 0 amide bonds. The highest BCUT2D eigenvalue weighted by atomic mass is 32.1. The molecule has 0 aliphatic rings. The minimum atomic E-state index is 0.316. The van der Waals surface area contributed by atoms with Gasteiger partial charge in [-0.15, -0.1) is 11.3 Å². The third-order valence-corrected chi connectivity index (χ3v) is 3.87. The van der Waals surface area contributed by atoms with E-state index < -0.39 is 0 Å². The number of anilines is 1. The summed E-state index contributed by atoms with van der Waals surface area (Å²) in [4.78, 5) is 12.6. The molecule has 3 aromatic rings. The van der Waals surface area contributed by atoms with Gasteiger partial charge in [-0.2, -0.15) is 5.26 Å². The molecule has 0 spiro atoms. The number of nitrogens with one attached hydrogen (secondary N) is 1. The van der Waals surface area contributed by atoms with Crippen LogP contribution >= 0.6 is 11.3 Å². The number of nitriles is 1. The van der Waals surface area contributed by atoms with E-state index in [0.29, 0.717) is 18.1 Å². The van der Waals surface area contributed by atoms with Crippen molar-refractivity contribution in [2.24, 2.45) is 0 Å². The molecule has 6 heteroatoms. The van der Waals surface area contributed by atoms with Crippen molar-refractivity contribution < 1.29 is 0 Å². The number of nitrogens with zero attached hydrogens (tertiary/aromatic N) is 4. The van der Waals surface area contributed by atoms with Crippen LogP contribution in [-0.4, -0.2) is 21.5 Å². The molecule has 0 atom stereocenters. The topological polar surface area (TPSA) is 74.5 Å². The molecule has 98 valence electrons. The van der Waals surface area contributed by atoms with E-state index in [2.05, 4.69) is 26.3 Å². The Morgan fingerprint density at radius 3 is 2.90 bits per heavy atom. The SMILES string of the molecule is N#Cc1nccnc1NCCc1nc2ccccc2s1. The molecule has 20 heavy (non-hydrogen) atoms. The number of hydrogen-bond donors (Lipinski definition) is 1. The van der Waals surface area contributed by atoms with Crippen LogP contribution in [0.2, 0.25) is 0 Å². The van der Waals surface area contributed by atoms with Crippen LogP contribution < -0.4 is 5.32 Å². The number of rotatable bonds is 4. The second-order valence-corrected chi connectivity index (χ2v) is 5.23. The van der Waals surface area contributed by atoms with Gasteiger partial charge < -0.3 is 5.32 Å². The van der Waals surface area contributed by atoms with Crippen molar-refractivity contribution in [2.45, 2.75) is 6.42 Å². The van der Waals surface area contributed by atoms with E-state index in [0.717, 1.165) is 16.9 Å². The third kappa shape index (κ3) is 2.58. The summed E-state index contributed by atoms with van der Waals surface area (Å²) in [6, 6.07) is 10.1. The van der Waals surface area contributed by atoms with E-state index in [1.807, 2.05) is 24.3 Å². The molecule has 0 bridgehead atoms. The Morgan fingerprint density at radius 2 is 2.05 bits per heavy atom. The van der Waals surface area contributed by atoms with Crippen LogP contribution in [0.5, 0.6) is 0 Å². The van der Waals surface area contributed by atoms with Crippen molar-refractivity contribution in [2.75, 3.05) is 11.9 Å². The summed E-state index contributed by atoms with van der Waals surface area (Å²) in [5, 5.41) is 13.1. The number of fused-ring (bicyclic) bond motifs is 1. The quantitative estimate of drug-likeness (QED) is 0.795. The number of hydrogen-bond acceptors (Lipinski definition) is 6. The van der Waals surface area contributed by atoms with E-state index in [4.69, 9.17) is 5.26 Å². The van der Waals surface area contributed by atoms with Gasteiger partial charge in [0.1, 0.15) is 6.07 Å². The molecule has 1 aromatic carbocycles. The minimum Gasteiger partial charge on any atom is -0.367 e. The predicted octanol–water partition coefficient (Wildman–Crippen LogP) is 2.61. The molecular weight excluding hydrogens is 270 g/mol. The maximum absolute atomic E-state index is 8.93. The van der Waals surface area contributed by atoms with Crippen LogP contribution in [0, 0.1) is 11.3 Å². The molecule has 2 heterocycles. The average Bonchev–Trinajstić information content (AvgIpc) is 2.90. The lowest BCUT2D eigenvalue weighted by Gasteiger charge is -2.04. The summed E-state index contributed by atoms with van der Waals surface area (Å²) >= 11 is 1.69. The summed E-state index contributed by atoms with van der Waals surface area (Å²) < 4.78 is 1.19. The highest BCUT2D eigenvalue weighted by molar-refractivity contribution is 7.18. The molecule has 0 aliphatic carbocycles. The molecule has 0 radical (unpaired) electrons. The lowest BCUT2D eigenvalue weighted by molar-refractivity contribution is 0.984. The van der Waals surface area contributed by atoms with Gasteiger partial charge in [-0.3, -0.25) is 0 Å². The molecule has 3 rings (SSSR count). The molecule has 2 aromatic heterocycles. The summed E-state index contributed by atoms with van der Waals surface area (Å²) in [7, 11) is 0. The Morgan fingerprint density at radius 1 is 1.20 bits per heavy atom. The van der Waals surface area contributed by atoms with Crippen molar-refractivity contribution >= 4 is 27.4 Å². The van der Waals surface area contributed by atoms with Gasteiger partial charge in [-0.25, -0.2) is 15.0 Å². The standard InChI is InChI=1S/C14H11N5S/c15-9-11-14(18-8-7-16-11)17-6-5-13-19-10-3-1-2-4-12(10)20-13/h1-4,7-8H,5-6H2,(H,17,18). The molecular formula is C14H11N5S. The predicted molar refractivity (Wildman–Crippen MR) is 78.6 cm³/mol. The second kappa shape index (κ2) is 5.63. The van der Waals surface area contributed by atoms with Crippen LogP contribution in [-0.2, 0) is 6.42 Å². The van der Waals surface area contributed by atoms with Crippen LogP contribution in [0.15, 0.2) is 36.7 Å². The fourth-order valence-electron chi connectivity index (χ4n) is 1.86. The summed E-state index contributed by atoms with van der Waals surface area (Å²) in [5.74, 6) is 0.524. The number of benzene rings is 1. The Kier molecular flexibility index (Phi) is 3.52. The van der Waals surface area contributed by atoms with Crippen LogP contribution in [0.1, 0.15) is 10.7 Å².